The molecule has 0 bridgehead atoms. The Bertz CT molecular complexity index is 1570. The van der Waals surface area contributed by atoms with Crippen LogP contribution in [0.4, 0.5) is 11.4 Å². The van der Waals surface area contributed by atoms with Gasteiger partial charge in [-0.05, 0) is 31.2 Å². The van der Waals surface area contributed by atoms with Gasteiger partial charge in [0.2, 0.25) is 5.88 Å². The maximum Gasteiger partial charge on any atom is 0.255 e. The third kappa shape index (κ3) is 3.23. The molecule has 3 N–H and O–H groups in total. The number of fused-ring (bicyclic) bond motifs is 3. The van der Waals surface area contributed by atoms with Gasteiger partial charge in [-0.3, -0.25) is 14.8 Å². The lowest BCUT2D eigenvalue weighted by atomic mass is 10.0. The Hall–Kier alpha value is -4.46. The van der Waals surface area contributed by atoms with Crippen LogP contribution in [0, 0.1) is 0 Å². The number of hydrogen-bond acceptors (Lipinski definition) is 6. The van der Waals surface area contributed by atoms with Crippen molar-refractivity contribution in [1.82, 2.24) is 25.3 Å². The number of aromatic amines is 1. The number of methoxy groups -OCH3 is 1. The third-order valence-electron chi connectivity index (χ3n) is 6.12. The minimum atomic E-state index is -0.115. The highest BCUT2D eigenvalue weighted by Gasteiger charge is 2.30. The van der Waals surface area contributed by atoms with Gasteiger partial charge in [-0.15, -0.1) is 0 Å². The number of carbonyl (C=O) groups is 1. The van der Waals surface area contributed by atoms with Crippen LogP contribution in [0.2, 0.25) is 0 Å². The van der Waals surface area contributed by atoms with Crippen molar-refractivity contribution in [3.05, 3.63) is 72.2 Å². The Labute approximate surface area is 195 Å². The van der Waals surface area contributed by atoms with Crippen molar-refractivity contribution in [2.75, 3.05) is 12.4 Å². The van der Waals surface area contributed by atoms with E-state index in [1.807, 2.05) is 49.4 Å². The molecule has 1 aliphatic heterocycles. The Balaban J connectivity index is 1.60. The van der Waals surface area contributed by atoms with E-state index >= 15 is 0 Å². The summed E-state index contributed by atoms with van der Waals surface area (Å²) in [5.41, 5.74) is 6.85. The molecule has 1 aliphatic rings. The lowest BCUT2D eigenvalue weighted by Crippen LogP contribution is -2.39. The highest BCUT2D eigenvalue weighted by molar-refractivity contribution is 6.09. The van der Waals surface area contributed by atoms with E-state index in [-0.39, 0.29) is 11.9 Å². The van der Waals surface area contributed by atoms with Gasteiger partial charge in [0.25, 0.3) is 5.91 Å². The predicted octanol–water partition coefficient (Wildman–Crippen LogP) is 4.60. The molecule has 168 valence electrons. The van der Waals surface area contributed by atoms with Crippen molar-refractivity contribution in [2.24, 2.45) is 0 Å². The largest absolute Gasteiger partial charge is 0.481 e. The number of hydrogen-bond donors (Lipinski definition) is 3. The summed E-state index contributed by atoms with van der Waals surface area (Å²) in [7, 11) is 1.59. The van der Waals surface area contributed by atoms with E-state index < -0.39 is 0 Å². The molecule has 1 aromatic carbocycles. The van der Waals surface area contributed by atoms with E-state index in [1.165, 1.54) is 0 Å². The summed E-state index contributed by atoms with van der Waals surface area (Å²) < 4.78 is 5.36. The highest BCUT2D eigenvalue weighted by Crippen LogP contribution is 2.40. The van der Waals surface area contributed by atoms with Crippen LogP contribution < -0.4 is 15.4 Å². The summed E-state index contributed by atoms with van der Waals surface area (Å²) >= 11 is 0. The smallest absolute Gasteiger partial charge is 0.255 e. The molecule has 0 radical (unpaired) electrons. The summed E-state index contributed by atoms with van der Waals surface area (Å²) in [4.78, 5) is 30.4. The van der Waals surface area contributed by atoms with Crippen molar-refractivity contribution >= 4 is 39.2 Å². The van der Waals surface area contributed by atoms with E-state index in [2.05, 4.69) is 30.6 Å². The Morgan fingerprint density at radius 3 is 2.79 bits per heavy atom. The molecule has 0 unspecified atom stereocenters. The predicted molar refractivity (Wildman–Crippen MR) is 132 cm³/mol. The quantitative estimate of drug-likeness (QED) is 0.370. The first-order valence-corrected chi connectivity index (χ1v) is 11.1. The number of nitrogens with zero attached hydrogens (tertiary/aromatic N) is 3. The first-order valence-electron chi connectivity index (χ1n) is 11.1. The molecule has 0 aliphatic carbocycles. The van der Waals surface area contributed by atoms with Crippen molar-refractivity contribution in [2.45, 2.75) is 19.4 Å². The van der Waals surface area contributed by atoms with Crippen LogP contribution in [-0.4, -0.2) is 39.0 Å². The number of nitrogens with one attached hydrogen (secondary N) is 3. The maximum atomic E-state index is 13.1. The van der Waals surface area contributed by atoms with Crippen LogP contribution in [0.5, 0.6) is 5.88 Å². The molecule has 1 atom stereocenters. The van der Waals surface area contributed by atoms with Gasteiger partial charge in [-0.1, -0.05) is 18.2 Å². The molecule has 4 aromatic heterocycles. The highest BCUT2D eigenvalue weighted by atomic mass is 16.5. The van der Waals surface area contributed by atoms with E-state index in [0.717, 1.165) is 39.1 Å². The lowest BCUT2D eigenvalue weighted by molar-refractivity contribution is 0.0930. The number of pyridine rings is 3. The molecule has 0 saturated heterocycles. The van der Waals surface area contributed by atoms with Crippen molar-refractivity contribution in [3.8, 4) is 17.1 Å². The third-order valence-corrected chi connectivity index (χ3v) is 6.12. The zero-order chi connectivity index (χ0) is 23.2. The molecule has 6 rings (SSSR count). The first-order chi connectivity index (χ1) is 16.6. The molecule has 34 heavy (non-hydrogen) atoms. The van der Waals surface area contributed by atoms with Crippen LogP contribution in [0.25, 0.3) is 33.2 Å². The van der Waals surface area contributed by atoms with E-state index in [9.17, 15) is 4.79 Å². The molecule has 0 saturated carbocycles. The zero-order valence-corrected chi connectivity index (χ0v) is 18.7. The number of anilines is 2. The number of ether oxygens (including phenoxy) is 1. The Morgan fingerprint density at radius 2 is 1.91 bits per heavy atom. The summed E-state index contributed by atoms with van der Waals surface area (Å²) in [5, 5.41) is 7.59. The second-order valence-corrected chi connectivity index (χ2v) is 8.39. The topological polar surface area (TPSA) is 105 Å². The van der Waals surface area contributed by atoms with Crippen molar-refractivity contribution in [1.29, 1.82) is 0 Å². The lowest BCUT2D eigenvalue weighted by Gasteiger charge is -2.21. The van der Waals surface area contributed by atoms with Gasteiger partial charge in [0, 0.05) is 47.6 Å². The summed E-state index contributed by atoms with van der Waals surface area (Å²) in [5.74, 6) is 0.382. The molecule has 8 nitrogen and oxygen atoms in total. The van der Waals surface area contributed by atoms with E-state index in [1.54, 1.807) is 25.6 Å². The number of rotatable bonds is 4. The molecule has 5 aromatic rings. The van der Waals surface area contributed by atoms with Crippen molar-refractivity contribution < 1.29 is 9.53 Å². The summed E-state index contributed by atoms with van der Waals surface area (Å²) in [6, 6.07) is 15.5. The minimum absolute atomic E-state index is 0.0333. The standard InChI is InChI=1S/C26H22N6O2/c1-14-13-19-21(26(33)29-14)25(30-18-7-3-5-15-6-4-11-28-22(15)18)24(31-19)16-10-12-27-17-8-9-20(34-2)32-23(16)17/h3-12,14,30-31H,13H2,1-2H3,(H,29,33)/t14-/m1/s1. The summed E-state index contributed by atoms with van der Waals surface area (Å²) in [6.45, 7) is 2.00. The van der Waals surface area contributed by atoms with Crippen LogP contribution in [0.1, 0.15) is 23.0 Å². The molecular weight excluding hydrogens is 428 g/mol. The SMILES string of the molecule is COc1ccc2nccc(-c3[nH]c4c(c3Nc3cccc5cccnc35)C(=O)N[C@H](C)C4)c2n1. The van der Waals surface area contributed by atoms with Crippen LogP contribution in [-0.2, 0) is 6.42 Å². The zero-order valence-electron chi connectivity index (χ0n) is 18.7. The number of para-hydroxylation sites is 1. The van der Waals surface area contributed by atoms with Gasteiger partial charge in [0.1, 0.15) is 5.52 Å². The Morgan fingerprint density at radius 1 is 1.03 bits per heavy atom. The van der Waals surface area contributed by atoms with Gasteiger partial charge in [-0.25, -0.2) is 4.98 Å². The number of benzene rings is 1. The monoisotopic (exact) mass is 450 g/mol. The maximum absolute atomic E-state index is 13.1. The Kier molecular flexibility index (Phi) is 4.65. The normalized spacial score (nSPS) is 15.2. The van der Waals surface area contributed by atoms with Gasteiger partial charge in [-0.2, -0.15) is 0 Å². The number of H-pyrrole nitrogens is 1. The van der Waals surface area contributed by atoms with Gasteiger partial charge < -0.3 is 20.4 Å². The minimum Gasteiger partial charge on any atom is -0.481 e. The number of aromatic nitrogens is 4. The fourth-order valence-corrected chi connectivity index (χ4v) is 4.60. The summed E-state index contributed by atoms with van der Waals surface area (Å²) in [6.07, 6.45) is 4.21. The van der Waals surface area contributed by atoms with Crippen LogP contribution in [0.3, 0.4) is 0 Å². The van der Waals surface area contributed by atoms with Crippen LogP contribution in [0.15, 0.2) is 60.9 Å². The molecule has 0 spiro atoms. The average Bonchev–Trinajstić information content (AvgIpc) is 3.21. The fraction of sp³-hybridized carbons (Fsp3) is 0.154. The van der Waals surface area contributed by atoms with E-state index in [0.29, 0.717) is 29.1 Å². The molecule has 5 heterocycles. The number of amides is 1. The average molecular weight is 451 g/mol. The second-order valence-electron chi connectivity index (χ2n) is 8.39. The number of carbonyl (C=O) groups excluding carboxylic acids is 1. The van der Waals surface area contributed by atoms with Crippen molar-refractivity contribution in [3.63, 3.8) is 0 Å². The van der Waals surface area contributed by atoms with Gasteiger partial charge in [0.15, 0.2) is 0 Å². The first kappa shape index (κ1) is 20.2. The molecule has 0 fully saturated rings. The fourth-order valence-electron chi connectivity index (χ4n) is 4.60. The molecule has 1 amide bonds. The van der Waals surface area contributed by atoms with Gasteiger partial charge in [0.05, 0.1) is 40.8 Å². The van der Waals surface area contributed by atoms with Crippen LogP contribution >= 0.6 is 0 Å². The van der Waals surface area contributed by atoms with E-state index in [4.69, 9.17) is 4.74 Å². The second kappa shape index (κ2) is 7.84. The molecule has 8 heteroatoms. The van der Waals surface area contributed by atoms with Gasteiger partial charge >= 0.3 is 0 Å². The molecular formula is C26H22N6O2.